The molecule has 1 heterocycles. The Morgan fingerprint density at radius 2 is 1.82 bits per heavy atom. The average molecular weight is 380 g/mol. The van der Waals surface area contributed by atoms with Crippen LogP contribution in [0.15, 0.2) is 57.7 Å². The molecule has 0 amide bonds. The molecule has 0 aliphatic rings. The Morgan fingerprint density at radius 3 is 2.54 bits per heavy atom. The number of ether oxygens (including phenoxy) is 2. The van der Waals surface area contributed by atoms with Crippen molar-refractivity contribution in [3.8, 4) is 5.75 Å². The second-order valence-electron chi connectivity index (χ2n) is 6.27. The first-order valence-electron chi connectivity index (χ1n) is 8.98. The van der Waals surface area contributed by atoms with Gasteiger partial charge in [0.2, 0.25) is 0 Å². The highest BCUT2D eigenvalue weighted by atomic mass is 16.5. The summed E-state index contributed by atoms with van der Waals surface area (Å²) in [6, 6.07) is 13.3. The van der Waals surface area contributed by atoms with Gasteiger partial charge in [-0.2, -0.15) is 0 Å². The molecule has 0 spiro atoms. The lowest BCUT2D eigenvalue weighted by Gasteiger charge is -2.12. The Bertz CT molecular complexity index is 1070. The van der Waals surface area contributed by atoms with E-state index in [1.807, 2.05) is 0 Å². The Balaban J connectivity index is 1.99. The molecule has 0 unspecified atom stereocenters. The van der Waals surface area contributed by atoms with E-state index in [0.29, 0.717) is 29.7 Å². The predicted octanol–water partition coefficient (Wildman–Crippen LogP) is 3.82. The molecule has 0 saturated heterocycles. The fraction of sp³-hybridized carbons (Fsp3) is 0.227. The van der Waals surface area contributed by atoms with E-state index < -0.39 is 11.6 Å². The fourth-order valence-corrected chi connectivity index (χ4v) is 2.88. The molecular formula is C22H20O6. The van der Waals surface area contributed by atoms with Gasteiger partial charge in [0.25, 0.3) is 0 Å². The molecule has 3 aromatic rings. The predicted molar refractivity (Wildman–Crippen MR) is 104 cm³/mol. The smallest absolute Gasteiger partial charge is 0.343 e. The maximum Gasteiger partial charge on any atom is 0.343 e. The summed E-state index contributed by atoms with van der Waals surface area (Å²) in [5.41, 5.74) is 1.63. The number of esters is 2. The van der Waals surface area contributed by atoms with E-state index >= 15 is 0 Å². The van der Waals surface area contributed by atoms with Crippen LogP contribution < -0.4 is 10.4 Å². The zero-order valence-electron chi connectivity index (χ0n) is 15.7. The van der Waals surface area contributed by atoms with Crippen molar-refractivity contribution in [2.75, 3.05) is 6.61 Å². The second-order valence-corrected chi connectivity index (χ2v) is 6.27. The van der Waals surface area contributed by atoms with E-state index in [2.05, 4.69) is 0 Å². The fourth-order valence-electron chi connectivity index (χ4n) is 2.88. The summed E-state index contributed by atoms with van der Waals surface area (Å²) in [6.45, 7) is 3.84. The molecule has 0 bridgehead atoms. The van der Waals surface area contributed by atoms with Crippen LogP contribution in [0.4, 0.5) is 0 Å². The quantitative estimate of drug-likeness (QED) is 0.367. The van der Waals surface area contributed by atoms with Gasteiger partial charge in [0.05, 0.1) is 12.2 Å². The topological polar surface area (TPSA) is 82.8 Å². The second kappa shape index (κ2) is 8.52. The molecule has 0 aliphatic heterocycles. The number of benzene rings is 2. The molecule has 144 valence electrons. The van der Waals surface area contributed by atoms with Gasteiger partial charge < -0.3 is 13.9 Å². The molecule has 0 aliphatic carbocycles. The number of hydrogen-bond donors (Lipinski definition) is 0. The van der Waals surface area contributed by atoms with Gasteiger partial charge in [-0.15, -0.1) is 0 Å². The Morgan fingerprint density at radius 1 is 1.07 bits per heavy atom. The zero-order chi connectivity index (χ0) is 20.1. The summed E-state index contributed by atoms with van der Waals surface area (Å²) < 4.78 is 15.8. The highest BCUT2D eigenvalue weighted by molar-refractivity contribution is 5.92. The van der Waals surface area contributed by atoms with Crippen LogP contribution in [0, 0.1) is 6.92 Å². The summed E-state index contributed by atoms with van der Waals surface area (Å²) in [7, 11) is 0. The Labute approximate surface area is 161 Å². The molecule has 6 nitrogen and oxygen atoms in total. The number of rotatable bonds is 6. The van der Waals surface area contributed by atoms with Gasteiger partial charge in [-0.05, 0) is 49.6 Å². The van der Waals surface area contributed by atoms with Gasteiger partial charge in [-0.25, -0.2) is 9.59 Å². The molecule has 3 rings (SSSR count). The first-order chi connectivity index (χ1) is 13.5. The van der Waals surface area contributed by atoms with Crippen molar-refractivity contribution in [3.05, 3.63) is 75.6 Å². The van der Waals surface area contributed by atoms with Crippen LogP contribution in [0.3, 0.4) is 0 Å². The third-order valence-electron chi connectivity index (χ3n) is 4.25. The molecule has 0 fully saturated rings. The molecule has 1 aromatic heterocycles. The summed E-state index contributed by atoms with van der Waals surface area (Å²) in [5, 5.41) is 0.720. The Hall–Kier alpha value is -3.41. The van der Waals surface area contributed by atoms with E-state index in [1.165, 1.54) is 12.1 Å². The van der Waals surface area contributed by atoms with E-state index in [0.717, 1.165) is 10.9 Å². The average Bonchev–Trinajstić information content (AvgIpc) is 2.67. The van der Waals surface area contributed by atoms with E-state index in [1.54, 1.807) is 50.2 Å². The van der Waals surface area contributed by atoms with Gasteiger partial charge in [0.15, 0.2) is 0 Å². The lowest BCUT2D eigenvalue weighted by Crippen LogP contribution is -2.11. The number of aryl methyl sites for hydroxylation is 2. The van der Waals surface area contributed by atoms with E-state index in [-0.39, 0.29) is 18.1 Å². The summed E-state index contributed by atoms with van der Waals surface area (Å²) >= 11 is 0. The van der Waals surface area contributed by atoms with Crippen LogP contribution in [-0.2, 0) is 16.0 Å². The van der Waals surface area contributed by atoms with Crippen molar-refractivity contribution >= 4 is 22.9 Å². The van der Waals surface area contributed by atoms with Crippen LogP contribution in [0.1, 0.15) is 34.8 Å². The van der Waals surface area contributed by atoms with Crippen molar-refractivity contribution in [2.45, 2.75) is 26.7 Å². The minimum absolute atomic E-state index is 0.144. The van der Waals surface area contributed by atoms with Gasteiger partial charge in [-0.3, -0.25) is 4.79 Å². The highest BCUT2D eigenvalue weighted by Crippen LogP contribution is 2.29. The molecule has 0 radical (unpaired) electrons. The zero-order valence-corrected chi connectivity index (χ0v) is 15.7. The summed E-state index contributed by atoms with van der Waals surface area (Å²) in [4.78, 5) is 35.9. The molecule has 6 heteroatoms. The van der Waals surface area contributed by atoms with Crippen LogP contribution in [-0.4, -0.2) is 18.5 Å². The molecule has 0 atom stereocenters. The first kappa shape index (κ1) is 19.4. The van der Waals surface area contributed by atoms with E-state index in [4.69, 9.17) is 13.9 Å². The molecular weight excluding hydrogens is 360 g/mol. The minimum atomic E-state index is -0.535. The number of carbonyl (C=O) groups is 2. The molecule has 0 saturated carbocycles. The maximum absolute atomic E-state index is 12.5. The van der Waals surface area contributed by atoms with Gasteiger partial charge in [0, 0.05) is 23.9 Å². The van der Waals surface area contributed by atoms with Crippen LogP contribution >= 0.6 is 0 Å². The summed E-state index contributed by atoms with van der Waals surface area (Å²) in [6.07, 6.45) is 0.468. The lowest BCUT2D eigenvalue weighted by molar-refractivity contribution is -0.143. The molecule has 2 aromatic carbocycles. The van der Waals surface area contributed by atoms with Crippen molar-refractivity contribution in [1.29, 1.82) is 0 Å². The van der Waals surface area contributed by atoms with Crippen LogP contribution in [0.25, 0.3) is 11.0 Å². The summed E-state index contributed by atoms with van der Waals surface area (Å²) in [5.74, 6) is -0.619. The third-order valence-corrected chi connectivity index (χ3v) is 4.25. The van der Waals surface area contributed by atoms with Crippen molar-refractivity contribution in [1.82, 2.24) is 0 Å². The van der Waals surface area contributed by atoms with Crippen LogP contribution in [0.5, 0.6) is 5.75 Å². The van der Waals surface area contributed by atoms with Crippen LogP contribution in [0.2, 0.25) is 0 Å². The van der Waals surface area contributed by atoms with Gasteiger partial charge in [-0.1, -0.05) is 18.2 Å². The largest absolute Gasteiger partial charge is 0.466 e. The van der Waals surface area contributed by atoms with Gasteiger partial charge in [0.1, 0.15) is 11.3 Å². The maximum atomic E-state index is 12.5. The van der Waals surface area contributed by atoms with Gasteiger partial charge >= 0.3 is 17.6 Å². The lowest BCUT2D eigenvalue weighted by atomic mass is 10.0. The first-order valence-corrected chi connectivity index (χ1v) is 8.98. The molecule has 28 heavy (non-hydrogen) atoms. The number of carbonyl (C=O) groups excluding carboxylic acids is 2. The van der Waals surface area contributed by atoms with Crippen molar-refractivity contribution in [3.63, 3.8) is 0 Å². The monoisotopic (exact) mass is 380 g/mol. The number of fused-ring (bicyclic) bond motifs is 1. The standard InChI is InChI=1S/C22H20O6/c1-3-26-20(23)10-9-16-12-17-14(2)11-21(24)27-19(17)13-18(16)28-22(25)15-7-5-4-6-8-15/h4-8,11-13H,3,9-10H2,1-2H3. The molecule has 0 N–H and O–H groups in total. The van der Waals surface area contributed by atoms with Crippen molar-refractivity contribution < 1.29 is 23.5 Å². The minimum Gasteiger partial charge on any atom is -0.466 e. The van der Waals surface area contributed by atoms with E-state index in [9.17, 15) is 14.4 Å². The van der Waals surface area contributed by atoms with Crippen molar-refractivity contribution in [2.24, 2.45) is 0 Å². The third kappa shape index (κ3) is 4.46. The SMILES string of the molecule is CCOC(=O)CCc1cc2c(C)cc(=O)oc2cc1OC(=O)c1ccccc1. The normalized spacial score (nSPS) is 10.6. The Kier molecular flexibility index (Phi) is 5.89. The number of hydrogen-bond acceptors (Lipinski definition) is 6. The highest BCUT2D eigenvalue weighted by Gasteiger charge is 2.16.